The highest BCUT2D eigenvalue weighted by Gasteiger charge is 2.08. The second-order valence-corrected chi connectivity index (χ2v) is 4.57. The van der Waals surface area contributed by atoms with Crippen molar-refractivity contribution >= 4 is 17.6 Å². The number of hydrogen-bond donors (Lipinski definition) is 1. The molecule has 2 aromatic rings. The largest absolute Gasteiger partial charge is 0.489 e. The van der Waals surface area contributed by atoms with Crippen LogP contribution in [-0.4, -0.2) is 11.1 Å². The number of rotatable bonds is 4. The number of aromatic carboxylic acids is 1. The Morgan fingerprint density at radius 2 is 2.00 bits per heavy atom. The van der Waals surface area contributed by atoms with E-state index in [0.29, 0.717) is 22.9 Å². The standard InChI is InChI=1S/C15H13ClO3/c1-10-6-7-12(8-13(10)15(17)18)19-9-11-4-2-3-5-14(11)16/h2-8H,9H2,1H3,(H,17,18). The monoisotopic (exact) mass is 276 g/mol. The number of benzene rings is 2. The molecular formula is C15H13ClO3. The minimum absolute atomic E-state index is 0.247. The maximum Gasteiger partial charge on any atom is 0.336 e. The number of carboxylic acid groups (broad SMARTS) is 1. The Kier molecular flexibility index (Phi) is 4.07. The molecule has 0 aromatic heterocycles. The summed E-state index contributed by atoms with van der Waals surface area (Å²) in [6.07, 6.45) is 0. The summed E-state index contributed by atoms with van der Waals surface area (Å²) in [5.41, 5.74) is 1.82. The van der Waals surface area contributed by atoms with Crippen molar-refractivity contribution in [3.05, 3.63) is 64.2 Å². The summed E-state index contributed by atoms with van der Waals surface area (Å²) >= 11 is 6.02. The summed E-state index contributed by atoms with van der Waals surface area (Å²) in [5, 5.41) is 9.68. The van der Waals surface area contributed by atoms with E-state index in [1.165, 1.54) is 6.07 Å². The predicted molar refractivity (Wildman–Crippen MR) is 73.9 cm³/mol. The van der Waals surface area contributed by atoms with Crippen molar-refractivity contribution in [1.82, 2.24) is 0 Å². The van der Waals surface area contributed by atoms with Gasteiger partial charge in [0.15, 0.2) is 0 Å². The zero-order chi connectivity index (χ0) is 13.8. The molecule has 0 aliphatic rings. The molecule has 19 heavy (non-hydrogen) atoms. The molecule has 0 unspecified atom stereocenters. The van der Waals surface area contributed by atoms with Gasteiger partial charge in [-0.3, -0.25) is 0 Å². The lowest BCUT2D eigenvalue weighted by atomic mass is 10.1. The molecule has 0 aliphatic heterocycles. The third-order valence-electron chi connectivity index (χ3n) is 2.79. The zero-order valence-corrected chi connectivity index (χ0v) is 11.1. The number of carbonyl (C=O) groups is 1. The quantitative estimate of drug-likeness (QED) is 0.920. The Balaban J connectivity index is 2.14. The molecule has 0 heterocycles. The fraction of sp³-hybridized carbons (Fsp3) is 0.133. The van der Waals surface area contributed by atoms with E-state index in [0.717, 1.165) is 5.56 Å². The highest BCUT2D eigenvalue weighted by atomic mass is 35.5. The first kappa shape index (κ1) is 13.4. The van der Waals surface area contributed by atoms with Crippen molar-refractivity contribution in [3.8, 4) is 5.75 Å². The van der Waals surface area contributed by atoms with Gasteiger partial charge in [-0.1, -0.05) is 35.9 Å². The topological polar surface area (TPSA) is 46.5 Å². The molecular weight excluding hydrogens is 264 g/mol. The first-order valence-electron chi connectivity index (χ1n) is 5.78. The molecule has 0 fully saturated rings. The van der Waals surface area contributed by atoms with Crippen LogP contribution in [0.5, 0.6) is 5.75 Å². The summed E-state index contributed by atoms with van der Waals surface area (Å²) < 4.78 is 5.57. The number of carboxylic acids is 1. The van der Waals surface area contributed by atoms with Gasteiger partial charge in [-0.15, -0.1) is 0 Å². The van der Waals surface area contributed by atoms with E-state index in [-0.39, 0.29) is 5.56 Å². The Morgan fingerprint density at radius 1 is 1.26 bits per heavy atom. The fourth-order valence-electron chi connectivity index (χ4n) is 1.70. The van der Waals surface area contributed by atoms with Gasteiger partial charge in [-0.05, 0) is 30.7 Å². The Labute approximate surface area is 116 Å². The molecule has 3 nitrogen and oxygen atoms in total. The van der Waals surface area contributed by atoms with Crippen LogP contribution < -0.4 is 4.74 Å². The Morgan fingerprint density at radius 3 is 2.68 bits per heavy atom. The van der Waals surface area contributed by atoms with Crippen LogP contribution in [0.15, 0.2) is 42.5 Å². The molecule has 0 saturated heterocycles. The Bertz CT molecular complexity index is 608. The van der Waals surface area contributed by atoms with Gasteiger partial charge in [0.25, 0.3) is 0 Å². The summed E-state index contributed by atoms with van der Waals surface area (Å²) in [5.74, 6) is -0.441. The maximum absolute atomic E-state index is 11.0. The molecule has 2 rings (SSSR count). The van der Waals surface area contributed by atoms with Crippen LogP contribution in [0.25, 0.3) is 0 Å². The molecule has 98 valence electrons. The van der Waals surface area contributed by atoms with E-state index < -0.39 is 5.97 Å². The first-order chi connectivity index (χ1) is 9.08. The average molecular weight is 277 g/mol. The van der Waals surface area contributed by atoms with Crippen molar-refractivity contribution in [3.63, 3.8) is 0 Å². The lowest BCUT2D eigenvalue weighted by Crippen LogP contribution is -2.02. The second-order valence-electron chi connectivity index (χ2n) is 4.16. The van der Waals surface area contributed by atoms with Gasteiger partial charge in [0, 0.05) is 10.6 Å². The van der Waals surface area contributed by atoms with Gasteiger partial charge >= 0.3 is 5.97 Å². The second kappa shape index (κ2) is 5.76. The van der Waals surface area contributed by atoms with E-state index in [4.69, 9.17) is 21.4 Å². The highest BCUT2D eigenvalue weighted by Crippen LogP contribution is 2.21. The molecule has 0 spiro atoms. The van der Waals surface area contributed by atoms with Crippen LogP contribution in [-0.2, 0) is 6.61 Å². The fourth-order valence-corrected chi connectivity index (χ4v) is 1.89. The molecule has 4 heteroatoms. The van der Waals surface area contributed by atoms with Crippen molar-refractivity contribution in [2.45, 2.75) is 13.5 Å². The van der Waals surface area contributed by atoms with Gasteiger partial charge in [-0.2, -0.15) is 0 Å². The van der Waals surface area contributed by atoms with Crippen molar-refractivity contribution in [2.24, 2.45) is 0 Å². The van der Waals surface area contributed by atoms with Crippen molar-refractivity contribution in [2.75, 3.05) is 0 Å². The number of aryl methyl sites for hydroxylation is 1. The molecule has 0 bridgehead atoms. The lowest BCUT2D eigenvalue weighted by Gasteiger charge is -2.09. The minimum atomic E-state index is -0.958. The van der Waals surface area contributed by atoms with Crippen LogP contribution in [0, 0.1) is 6.92 Å². The van der Waals surface area contributed by atoms with E-state index in [1.54, 1.807) is 25.1 Å². The molecule has 0 aliphatic carbocycles. The molecule has 0 atom stereocenters. The van der Waals surface area contributed by atoms with Crippen molar-refractivity contribution in [1.29, 1.82) is 0 Å². The molecule has 0 saturated carbocycles. The van der Waals surface area contributed by atoms with E-state index >= 15 is 0 Å². The minimum Gasteiger partial charge on any atom is -0.489 e. The SMILES string of the molecule is Cc1ccc(OCc2ccccc2Cl)cc1C(=O)O. The highest BCUT2D eigenvalue weighted by molar-refractivity contribution is 6.31. The predicted octanol–water partition coefficient (Wildman–Crippen LogP) is 3.93. The van der Waals surface area contributed by atoms with Crippen LogP contribution in [0.1, 0.15) is 21.5 Å². The van der Waals surface area contributed by atoms with E-state index in [2.05, 4.69) is 0 Å². The van der Waals surface area contributed by atoms with Gasteiger partial charge in [0.2, 0.25) is 0 Å². The van der Waals surface area contributed by atoms with Crippen LogP contribution >= 0.6 is 11.6 Å². The third kappa shape index (κ3) is 3.26. The van der Waals surface area contributed by atoms with Crippen LogP contribution in [0.4, 0.5) is 0 Å². The zero-order valence-electron chi connectivity index (χ0n) is 10.4. The molecule has 2 aromatic carbocycles. The number of hydrogen-bond acceptors (Lipinski definition) is 2. The summed E-state index contributed by atoms with van der Waals surface area (Å²) in [4.78, 5) is 11.0. The van der Waals surface area contributed by atoms with Gasteiger partial charge < -0.3 is 9.84 Å². The van der Waals surface area contributed by atoms with Gasteiger partial charge in [0.1, 0.15) is 12.4 Å². The third-order valence-corrected chi connectivity index (χ3v) is 3.16. The van der Waals surface area contributed by atoms with Crippen LogP contribution in [0.3, 0.4) is 0 Å². The van der Waals surface area contributed by atoms with Crippen molar-refractivity contribution < 1.29 is 14.6 Å². The van der Waals surface area contributed by atoms with Gasteiger partial charge in [0.05, 0.1) is 5.56 Å². The number of ether oxygens (including phenoxy) is 1. The lowest BCUT2D eigenvalue weighted by molar-refractivity contribution is 0.0695. The van der Waals surface area contributed by atoms with E-state index in [9.17, 15) is 4.79 Å². The molecule has 1 N–H and O–H groups in total. The molecule has 0 radical (unpaired) electrons. The Hall–Kier alpha value is -2.00. The summed E-state index contributed by atoms with van der Waals surface area (Å²) in [6, 6.07) is 12.4. The summed E-state index contributed by atoms with van der Waals surface area (Å²) in [6.45, 7) is 2.06. The molecule has 0 amide bonds. The smallest absolute Gasteiger partial charge is 0.336 e. The maximum atomic E-state index is 11.0. The normalized spacial score (nSPS) is 10.2. The van der Waals surface area contributed by atoms with E-state index in [1.807, 2.05) is 18.2 Å². The summed E-state index contributed by atoms with van der Waals surface area (Å²) in [7, 11) is 0. The van der Waals surface area contributed by atoms with Crippen LogP contribution in [0.2, 0.25) is 5.02 Å². The first-order valence-corrected chi connectivity index (χ1v) is 6.16. The number of halogens is 1. The van der Waals surface area contributed by atoms with Gasteiger partial charge in [-0.25, -0.2) is 4.79 Å². The average Bonchev–Trinajstić information content (AvgIpc) is 2.39.